The summed E-state index contributed by atoms with van der Waals surface area (Å²) in [5.41, 5.74) is 0.173. The molecule has 1 aliphatic rings. The molecule has 1 atom stereocenters. The molecule has 13 heteroatoms. The summed E-state index contributed by atoms with van der Waals surface area (Å²) >= 11 is 1.28. The molecular formula is C29H29F3N6O3S. The van der Waals surface area contributed by atoms with E-state index in [1.165, 1.54) is 36.7 Å². The van der Waals surface area contributed by atoms with Crippen molar-refractivity contribution in [2.24, 2.45) is 5.92 Å². The highest BCUT2D eigenvalue weighted by molar-refractivity contribution is 7.22. The minimum atomic E-state index is -4.60. The molecule has 0 radical (unpaired) electrons. The van der Waals surface area contributed by atoms with Gasteiger partial charge in [0.2, 0.25) is 17.7 Å². The van der Waals surface area contributed by atoms with Gasteiger partial charge in [0.1, 0.15) is 11.8 Å². The molecule has 4 aromatic rings. The Morgan fingerprint density at radius 1 is 1.14 bits per heavy atom. The highest BCUT2D eigenvalue weighted by Gasteiger charge is 2.34. The molecule has 0 saturated carbocycles. The first-order valence-corrected chi connectivity index (χ1v) is 14.2. The van der Waals surface area contributed by atoms with Crippen molar-refractivity contribution in [3.05, 3.63) is 54.4 Å². The number of nitrogens with one attached hydrogen (secondary N) is 2. The molecule has 1 fully saturated rings. The van der Waals surface area contributed by atoms with Gasteiger partial charge in [0.25, 0.3) is 0 Å². The quantitative estimate of drug-likeness (QED) is 0.236. The largest absolute Gasteiger partial charge is 0.437 e. The molecule has 1 saturated heterocycles. The number of hydrogen-bond acceptors (Lipinski definition) is 8. The van der Waals surface area contributed by atoms with Crippen LogP contribution in [0.25, 0.3) is 21.5 Å². The monoisotopic (exact) mass is 598 g/mol. The zero-order valence-electron chi connectivity index (χ0n) is 23.2. The van der Waals surface area contributed by atoms with Crippen LogP contribution in [0.5, 0.6) is 11.6 Å². The number of carbonyl (C=O) groups is 2. The van der Waals surface area contributed by atoms with Gasteiger partial charge in [-0.2, -0.15) is 13.2 Å². The van der Waals surface area contributed by atoms with E-state index in [4.69, 9.17) is 4.74 Å². The number of benzene rings is 2. The Hall–Kier alpha value is -4.10. The number of nitrogens with zero attached hydrogens (tertiary/aromatic N) is 4. The summed E-state index contributed by atoms with van der Waals surface area (Å²) in [7, 11) is 0. The van der Waals surface area contributed by atoms with Crippen LogP contribution in [0.2, 0.25) is 0 Å². The summed E-state index contributed by atoms with van der Waals surface area (Å²) in [4.78, 5) is 39.7. The molecule has 2 aromatic carbocycles. The van der Waals surface area contributed by atoms with Gasteiger partial charge < -0.3 is 15.4 Å². The number of anilines is 2. The smallest absolute Gasteiger partial charge is 0.416 e. The number of hydrogen-bond donors (Lipinski definition) is 2. The third-order valence-corrected chi connectivity index (χ3v) is 7.60. The second kappa shape index (κ2) is 12.0. The van der Waals surface area contributed by atoms with Crippen molar-refractivity contribution in [2.45, 2.75) is 45.8 Å². The Labute approximate surface area is 244 Å². The van der Waals surface area contributed by atoms with E-state index in [0.29, 0.717) is 28.7 Å². The highest BCUT2D eigenvalue weighted by Crippen LogP contribution is 2.38. The first kappa shape index (κ1) is 29.4. The van der Waals surface area contributed by atoms with Crippen LogP contribution in [0.4, 0.5) is 24.0 Å². The van der Waals surface area contributed by atoms with E-state index in [1.807, 2.05) is 6.07 Å². The number of alkyl halides is 3. The number of aromatic nitrogens is 3. The minimum absolute atomic E-state index is 0.00239. The van der Waals surface area contributed by atoms with Crippen molar-refractivity contribution in [3.8, 4) is 22.9 Å². The van der Waals surface area contributed by atoms with Crippen molar-refractivity contribution in [1.29, 1.82) is 0 Å². The summed E-state index contributed by atoms with van der Waals surface area (Å²) in [5.74, 6) is 0.227. The fraction of sp³-hybridized carbons (Fsp3) is 0.345. The van der Waals surface area contributed by atoms with E-state index in [-0.39, 0.29) is 34.6 Å². The van der Waals surface area contributed by atoms with Crippen LogP contribution >= 0.6 is 11.3 Å². The van der Waals surface area contributed by atoms with Crippen LogP contribution in [-0.2, 0) is 15.8 Å². The molecule has 2 N–H and O–H groups in total. The number of amides is 2. The molecule has 5 rings (SSSR count). The lowest BCUT2D eigenvalue weighted by atomic mass is 10.0. The number of para-hydroxylation sites is 1. The molecule has 9 nitrogen and oxygen atoms in total. The van der Waals surface area contributed by atoms with E-state index >= 15 is 0 Å². The fourth-order valence-corrected chi connectivity index (χ4v) is 5.87. The minimum Gasteiger partial charge on any atom is -0.437 e. The zero-order valence-corrected chi connectivity index (χ0v) is 24.0. The van der Waals surface area contributed by atoms with Gasteiger partial charge in [0.05, 0.1) is 27.7 Å². The number of thiazole rings is 1. The summed E-state index contributed by atoms with van der Waals surface area (Å²) < 4.78 is 47.8. The second-order valence-corrected chi connectivity index (χ2v) is 11.5. The maximum atomic E-state index is 13.7. The summed E-state index contributed by atoms with van der Waals surface area (Å²) in [6.45, 7) is 6.99. The van der Waals surface area contributed by atoms with Crippen molar-refractivity contribution < 1.29 is 27.5 Å². The number of ether oxygens (including phenoxy) is 1. The SMILES string of the molecule is CC(=O)Nc1nc2c(Oc3cc(-c4ccc(C(F)(F)F)cc4NC(=O)[C@H]4CCCN4CC(C)C)ncn3)cccc2s1. The predicted octanol–water partition coefficient (Wildman–Crippen LogP) is 6.58. The molecule has 0 bridgehead atoms. The van der Waals surface area contributed by atoms with Gasteiger partial charge in [0, 0.05) is 25.1 Å². The van der Waals surface area contributed by atoms with E-state index in [1.54, 1.807) is 12.1 Å². The maximum Gasteiger partial charge on any atom is 0.416 e. The molecule has 0 unspecified atom stereocenters. The highest BCUT2D eigenvalue weighted by atomic mass is 32.1. The maximum absolute atomic E-state index is 13.7. The fourth-order valence-electron chi connectivity index (χ4n) is 4.94. The Bertz CT molecular complexity index is 1620. The van der Waals surface area contributed by atoms with Gasteiger partial charge >= 0.3 is 6.18 Å². The number of carbonyl (C=O) groups excluding carboxylic acids is 2. The summed E-state index contributed by atoms with van der Waals surface area (Å²) in [5, 5.41) is 5.82. The van der Waals surface area contributed by atoms with Gasteiger partial charge in [-0.25, -0.2) is 15.0 Å². The van der Waals surface area contributed by atoms with Crippen LogP contribution in [0.15, 0.2) is 48.8 Å². The molecule has 1 aliphatic heterocycles. The number of halogens is 3. The zero-order chi connectivity index (χ0) is 30.0. The summed E-state index contributed by atoms with van der Waals surface area (Å²) in [6.07, 6.45) is -1.90. The molecule has 2 amide bonds. The Kier molecular flexibility index (Phi) is 8.41. The van der Waals surface area contributed by atoms with E-state index in [9.17, 15) is 22.8 Å². The average Bonchev–Trinajstić information content (AvgIpc) is 3.54. The number of fused-ring (bicyclic) bond motifs is 1. The van der Waals surface area contributed by atoms with Gasteiger partial charge in [-0.1, -0.05) is 37.3 Å². The van der Waals surface area contributed by atoms with Crippen LogP contribution in [0.3, 0.4) is 0 Å². The molecule has 0 spiro atoms. The van der Waals surface area contributed by atoms with Crippen molar-refractivity contribution in [3.63, 3.8) is 0 Å². The number of likely N-dealkylation sites (tertiary alicyclic amines) is 1. The second-order valence-electron chi connectivity index (χ2n) is 10.4. The lowest BCUT2D eigenvalue weighted by Gasteiger charge is -2.26. The Morgan fingerprint density at radius 2 is 1.95 bits per heavy atom. The van der Waals surface area contributed by atoms with Crippen molar-refractivity contribution in [2.75, 3.05) is 23.7 Å². The standard InChI is InChI=1S/C29H29F3N6O3S/c1-16(2)14-38-11-5-6-22(38)27(40)36-21-12-18(29(30,31)32)9-10-19(21)20-13-25(34-15-33-20)41-23-7-4-8-24-26(23)37-28(42-24)35-17(3)39/h4,7-10,12-13,15-16,22H,5-6,11,14H2,1-3H3,(H,36,40)(H,35,37,39)/t22-/m1/s1. The van der Waals surface area contributed by atoms with Gasteiger partial charge in [0.15, 0.2) is 10.9 Å². The van der Waals surface area contributed by atoms with Gasteiger partial charge in [-0.3, -0.25) is 14.5 Å². The first-order chi connectivity index (χ1) is 20.0. The topological polar surface area (TPSA) is 109 Å². The number of rotatable bonds is 8. The third-order valence-electron chi connectivity index (χ3n) is 6.67. The molecule has 220 valence electrons. The van der Waals surface area contributed by atoms with Crippen molar-refractivity contribution in [1.82, 2.24) is 19.9 Å². The molecule has 3 heterocycles. The molecule has 2 aromatic heterocycles. The average molecular weight is 599 g/mol. The van der Waals surface area contributed by atoms with Gasteiger partial charge in [-0.05, 0) is 49.6 Å². The third kappa shape index (κ3) is 6.68. The van der Waals surface area contributed by atoms with E-state index in [2.05, 4.69) is 44.3 Å². The predicted molar refractivity (Wildman–Crippen MR) is 155 cm³/mol. The van der Waals surface area contributed by atoms with E-state index in [0.717, 1.165) is 36.3 Å². The lowest BCUT2D eigenvalue weighted by molar-refractivity contribution is -0.137. The molecule has 0 aliphatic carbocycles. The van der Waals surface area contributed by atoms with Crippen LogP contribution in [0.1, 0.15) is 39.2 Å². The normalized spacial score (nSPS) is 15.7. The summed E-state index contributed by atoms with van der Waals surface area (Å²) in [6, 6.07) is 9.51. The van der Waals surface area contributed by atoms with E-state index < -0.39 is 17.8 Å². The van der Waals surface area contributed by atoms with Crippen LogP contribution in [0, 0.1) is 5.92 Å². The van der Waals surface area contributed by atoms with Crippen LogP contribution in [-0.4, -0.2) is 50.8 Å². The van der Waals surface area contributed by atoms with Gasteiger partial charge in [-0.15, -0.1) is 0 Å². The Morgan fingerprint density at radius 3 is 2.69 bits per heavy atom. The Balaban J connectivity index is 1.46. The lowest BCUT2D eigenvalue weighted by Crippen LogP contribution is -2.41. The first-order valence-electron chi connectivity index (χ1n) is 13.4. The van der Waals surface area contributed by atoms with Crippen LogP contribution < -0.4 is 15.4 Å². The van der Waals surface area contributed by atoms with Crippen molar-refractivity contribution >= 4 is 44.2 Å². The molecule has 42 heavy (non-hydrogen) atoms. The molecular weight excluding hydrogens is 569 g/mol.